The van der Waals surface area contributed by atoms with Crippen LogP contribution in [-0.4, -0.2) is 36.0 Å². The molecule has 1 amide bonds. The molecule has 0 aliphatic heterocycles. The Morgan fingerprint density at radius 2 is 1.79 bits per heavy atom. The molecular weight excluding hydrogens is 393 g/mol. The van der Waals surface area contributed by atoms with Gasteiger partial charge < -0.3 is 19.8 Å². The Balaban J connectivity index is 2.02. The number of carbonyl (C=O) groups excluding carboxylic acids is 3. The van der Waals surface area contributed by atoms with Gasteiger partial charge in [0.2, 0.25) is 0 Å². The Labute approximate surface area is 164 Å². The predicted octanol–water partition coefficient (Wildman–Crippen LogP) is 3.62. The summed E-state index contributed by atoms with van der Waals surface area (Å²) in [4.78, 5) is 38.8. The zero-order chi connectivity index (χ0) is 21.8. The Bertz CT molecular complexity index is 934. The number of benzene rings is 1. The van der Waals surface area contributed by atoms with Gasteiger partial charge in [-0.15, -0.1) is 0 Å². The maximum atomic E-state index is 12.7. The number of aromatic amines is 1. The van der Waals surface area contributed by atoms with Gasteiger partial charge in [0.05, 0.1) is 17.7 Å². The SMILES string of the molecule is CCOC(=O)c1c(C)[nH]c(C(=O)OCC(=O)Nc2cccc(C(F)(F)F)c2)c1C. The van der Waals surface area contributed by atoms with E-state index in [0.29, 0.717) is 11.3 Å². The summed E-state index contributed by atoms with van der Waals surface area (Å²) in [5, 5.41) is 2.23. The van der Waals surface area contributed by atoms with Crippen LogP contribution in [0.15, 0.2) is 24.3 Å². The van der Waals surface area contributed by atoms with Gasteiger partial charge in [-0.2, -0.15) is 13.2 Å². The summed E-state index contributed by atoms with van der Waals surface area (Å²) in [5.41, 5.74) is -0.108. The molecule has 29 heavy (non-hydrogen) atoms. The predicted molar refractivity (Wildman–Crippen MR) is 96.6 cm³/mol. The number of halogens is 3. The van der Waals surface area contributed by atoms with Crippen LogP contribution >= 0.6 is 0 Å². The van der Waals surface area contributed by atoms with Crippen molar-refractivity contribution in [1.29, 1.82) is 0 Å². The molecule has 7 nitrogen and oxygen atoms in total. The number of aromatic nitrogens is 1. The van der Waals surface area contributed by atoms with Crippen LogP contribution in [0, 0.1) is 13.8 Å². The van der Waals surface area contributed by atoms with Gasteiger partial charge >= 0.3 is 18.1 Å². The van der Waals surface area contributed by atoms with Crippen LogP contribution in [0.2, 0.25) is 0 Å². The summed E-state index contributed by atoms with van der Waals surface area (Å²) in [6.07, 6.45) is -4.55. The number of hydrogen-bond donors (Lipinski definition) is 2. The molecule has 2 N–H and O–H groups in total. The van der Waals surface area contributed by atoms with Gasteiger partial charge in [0.1, 0.15) is 5.69 Å². The van der Waals surface area contributed by atoms with Crippen molar-refractivity contribution in [2.75, 3.05) is 18.5 Å². The van der Waals surface area contributed by atoms with Crippen LogP contribution in [-0.2, 0) is 20.4 Å². The zero-order valence-corrected chi connectivity index (χ0v) is 15.9. The van der Waals surface area contributed by atoms with E-state index in [1.807, 2.05) is 0 Å². The number of amides is 1. The smallest absolute Gasteiger partial charge is 0.416 e. The van der Waals surface area contributed by atoms with Crippen LogP contribution in [0.1, 0.15) is 44.6 Å². The number of H-pyrrole nitrogens is 1. The average Bonchev–Trinajstić information content (AvgIpc) is 2.94. The highest BCUT2D eigenvalue weighted by atomic mass is 19.4. The number of aryl methyl sites for hydroxylation is 1. The fourth-order valence-electron chi connectivity index (χ4n) is 2.64. The lowest BCUT2D eigenvalue weighted by atomic mass is 10.1. The van der Waals surface area contributed by atoms with Crippen LogP contribution in [0.3, 0.4) is 0 Å². The van der Waals surface area contributed by atoms with Crippen molar-refractivity contribution in [3.63, 3.8) is 0 Å². The first-order valence-corrected chi connectivity index (χ1v) is 8.55. The van der Waals surface area contributed by atoms with Crippen molar-refractivity contribution in [3.05, 3.63) is 52.3 Å². The van der Waals surface area contributed by atoms with Gasteiger partial charge in [0.25, 0.3) is 5.91 Å². The van der Waals surface area contributed by atoms with Crippen molar-refractivity contribution >= 4 is 23.5 Å². The van der Waals surface area contributed by atoms with Gasteiger partial charge in [-0.25, -0.2) is 9.59 Å². The third kappa shape index (κ3) is 5.37. The normalized spacial score (nSPS) is 11.1. The topological polar surface area (TPSA) is 97.5 Å². The second-order valence-electron chi connectivity index (χ2n) is 6.05. The second-order valence-corrected chi connectivity index (χ2v) is 6.05. The van der Waals surface area contributed by atoms with Gasteiger partial charge in [-0.1, -0.05) is 6.07 Å². The lowest BCUT2D eigenvalue weighted by Crippen LogP contribution is -2.21. The van der Waals surface area contributed by atoms with Gasteiger partial charge in [-0.05, 0) is 44.5 Å². The minimum atomic E-state index is -4.55. The molecule has 156 valence electrons. The molecular formula is C19H19F3N2O5. The highest BCUT2D eigenvalue weighted by molar-refractivity contribution is 5.99. The molecule has 0 bridgehead atoms. The van der Waals surface area contributed by atoms with E-state index in [0.717, 1.165) is 18.2 Å². The van der Waals surface area contributed by atoms with E-state index < -0.39 is 36.2 Å². The van der Waals surface area contributed by atoms with Crippen molar-refractivity contribution < 1.29 is 37.0 Å². The summed E-state index contributed by atoms with van der Waals surface area (Å²) >= 11 is 0. The lowest BCUT2D eigenvalue weighted by molar-refractivity contribution is -0.137. The molecule has 0 saturated heterocycles. The molecule has 0 radical (unpaired) electrons. The fourth-order valence-corrected chi connectivity index (χ4v) is 2.64. The number of hydrogen-bond acceptors (Lipinski definition) is 5. The molecule has 0 aliphatic carbocycles. The summed E-state index contributed by atoms with van der Waals surface area (Å²) in [6, 6.07) is 4.06. The number of esters is 2. The summed E-state index contributed by atoms with van der Waals surface area (Å²) in [6.45, 7) is 4.19. The molecule has 0 saturated carbocycles. The minimum absolute atomic E-state index is 0.0163. The van der Waals surface area contributed by atoms with Gasteiger partial charge in [0, 0.05) is 11.4 Å². The van der Waals surface area contributed by atoms with Crippen LogP contribution in [0.5, 0.6) is 0 Å². The first-order valence-electron chi connectivity index (χ1n) is 8.55. The molecule has 1 heterocycles. The minimum Gasteiger partial charge on any atom is -0.462 e. The summed E-state index contributed by atoms with van der Waals surface area (Å²) in [5.74, 6) is -2.30. The molecule has 1 aromatic carbocycles. The number of rotatable bonds is 6. The van der Waals surface area contributed by atoms with Crippen LogP contribution < -0.4 is 5.32 Å². The van der Waals surface area contributed by atoms with E-state index in [2.05, 4.69) is 10.3 Å². The molecule has 10 heteroatoms. The monoisotopic (exact) mass is 412 g/mol. The Morgan fingerprint density at radius 1 is 1.10 bits per heavy atom. The van der Waals surface area contributed by atoms with Gasteiger partial charge in [0.15, 0.2) is 6.61 Å². The molecule has 0 spiro atoms. The maximum Gasteiger partial charge on any atom is 0.416 e. The average molecular weight is 412 g/mol. The summed E-state index contributed by atoms with van der Waals surface area (Å²) in [7, 11) is 0. The van der Waals surface area contributed by atoms with E-state index in [9.17, 15) is 27.6 Å². The van der Waals surface area contributed by atoms with Crippen molar-refractivity contribution in [2.45, 2.75) is 26.9 Å². The molecule has 2 aromatic rings. The van der Waals surface area contributed by atoms with E-state index >= 15 is 0 Å². The van der Waals surface area contributed by atoms with Gasteiger partial charge in [-0.3, -0.25) is 4.79 Å². The Hall–Kier alpha value is -3.30. The number of anilines is 1. The molecule has 0 aliphatic rings. The van der Waals surface area contributed by atoms with Crippen LogP contribution in [0.4, 0.5) is 18.9 Å². The molecule has 0 fully saturated rings. The first-order chi connectivity index (χ1) is 13.5. The fraction of sp³-hybridized carbons (Fsp3) is 0.316. The Morgan fingerprint density at radius 3 is 2.41 bits per heavy atom. The number of carbonyl (C=O) groups is 3. The highest BCUT2D eigenvalue weighted by Gasteiger charge is 2.30. The van der Waals surface area contributed by atoms with Crippen molar-refractivity contribution in [3.8, 4) is 0 Å². The largest absolute Gasteiger partial charge is 0.462 e. The third-order valence-corrected chi connectivity index (χ3v) is 3.93. The zero-order valence-electron chi connectivity index (χ0n) is 15.9. The molecule has 0 unspecified atom stereocenters. The number of alkyl halides is 3. The summed E-state index contributed by atoms with van der Waals surface area (Å²) < 4.78 is 47.9. The quantitative estimate of drug-likeness (QED) is 0.707. The third-order valence-electron chi connectivity index (χ3n) is 3.93. The number of ether oxygens (including phenoxy) is 2. The van der Waals surface area contributed by atoms with E-state index in [1.54, 1.807) is 13.8 Å². The lowest BCUT2D eigenvalue weighted by Gasteiger charge is -2.10. The second kappa shape index (κ2) is 8.80. The number of nitrogens with one attached hydrogen (secondary N) is 2. The molecule has 2 rings (SSSR count). The van der Waals surface area contributed by atoms with E-state index in [4.69, 9.17) is 9.47 Å². The van der Waals surface area contributed by atoms with Crippen molar-refractivity contribution in [1.82, 2.24) is 4.98 Å². The highest BCUT2D eigenvalue weighted by Crippen LogP contribution is 2.30. The maximum absolute atomic E-state index is 12.7. The van der Waals surface area contributed by atoms with E-state index in [1.165, 1.54) is 13.0 Å². The molecule has 1 aromatic heterocycles. The Kier molecular flexibility index (Phi) is 6.68. The first kappa shape index (κ1) is 22.0. The van der Waals surface area contributed by atoms with Crippen LogP contribution in [0.25, 0.3) is 0 Å². The van der Waals surface area contributed by atoms with E-state index in [-0.39, 0.29) is 23.6 Å². The molecule has 0 atom stereocenters. The van der Waals surface area contributed by atoms with Crippen molar-refractivity contribution in [2.24, 2.45) is 0 Å². The standard InChI is InChI=1S/C19H19F3N2O5/c1-4-28-17(26)15-10(2)16(23-11(15)3)18(27)29-9-14(25)24-13-7-5-6-12(8-13)19(20,21)22/h5-8,23H,4,9H2,1-3H3,(H,24,25).